The molecule has 2 heterocycles. The van der Waals surface area contributed by atoms with Gasteiger partial charge in [0.25, 0.3) is 5.91 Å². The molecule has 1 aromatic heterocycles. The molecule has 7 nitrogen and oxygen atoms in total. The van der Waals surface area contributed by atoms with Gasteiger partial charge in [-0.15, -0.1) is 0 Å². The number of fused-ring (bicyclic) bond motifs is 1. The molecule has 0 spiro atoms. The zero-order valence-electron chi connectivity index (χ0n) is 22.0. The van der Waals surface area contributed by atoms with Crippen molar-refractivity contribution in [3.63, 3.8) is 0 Å². The fourth-order valence-corrected chi connectivity index (χ4v) is 6.80. The predicted octanol–water partition coefficient (Wildman–Crippen LogP) is 6.44. The topological polar surface area (TPSA) is 82.6 Å². The van der Waals surface area contributed by atoms with Crippen LogP contribution in [0.5, 0.6) is 0 Å². The predicted molar refractivity (Wildman–Crippen MR) is 158 cm³/mol. The van der Waals surface area contributed by atoms with Gasteiger partial charge in [-0.1, -0.05) is 61.8 Å². The Balaban J connectivity index is 1.61. The number of carbonyl (C=O) groups excluding carboxylic acids is 1. The number of carbonyl (C=O) groups is 1. The Morgan fingerprint density at radius 1 is 0.974 bits per heavy atom. The van der Waals surface area contributed by atoms with Crippen LogP contribution in [0.1, 0.15) is 37.0 Å². The molecular weight excluding hydrogens is 532 g/mol. The number of nitrogens with one attached hydrogen (secondary N) is 1. The summed E-state index contributed by atoms with van der Waals surface area (Å²) in [5.41, 5.74) is 3.68. The van der Waals surface area contributed by atoms with Crippen LogP contribution < -0.4 is 10.2 Å². The zero-order valence-corrected chi connectivity index (χ0v) is 23.6. The molecule has 1 fully saturated rings. The first-order chi connectivity index (χ1) is 18.8. The molecule has 0 atom stereocenters. The summed E-state index contributed by atoms with van der Waals surface area (Å²) < 4.78 is 28.1. The number of sulfonamides is 1. The van der Waals surface area contributed by atoms with Crippen molar-refractivity contribution in [3.05, 3.63) is 83.4 Å². The standard InChI is InChI=1S/C30H31ClN4O3S/c1-3-35(4-2)39(37,38)21-15-16-29(34-17-9-10-18-34)28(19-21)33-30(36)24-20-27(23-12-5-7-13-25(23)31)32-26-14-8-6-11-22(24)26/h5-8,11-16,19-20H,3-4,9-10,17-18H2,1-2H3,(H,33,36). The minimum absolute atomic E-state index is 0.154. The third-order valence-electron chi connectivity index (χ3n) is 7.12. The highest BCUT2D eigenvalue weighted by molar-refractivity contribution is 7.89. The van der Waals surface area contributed by atoms with Crippen molar-refractivity contribution in [2.24, 2.45) is 0 Å². The summed E-state index contributed by atoms with van der Waals surface area (Å²) >= 11 is 6.47. The number of amides is 1. The molecule has 4 aromatic rings. The summed E-state index contributed by atoms with van der Waals surface area (Å²) in [7, 11) is -3.71. The average molecular weight is 563 g/mol. The molecule has 1 saturated heterocycles. The fraction of sp³-hybridized carbons (Fsp3) is 0.267. The second-order valence-electron chi connectivity index (χ2n) is 9.47. The number of nitrogens with zero attached hydrogens (tertiary/aromatic N) is 3. The molecule has 39 heavy (non-hydrogen) atoms. The molecule has 0 bridgehead atoms. The van der Waals surface area contributed by atoms with E-state index in [2.05, 4.69) is 10.2 Å². The van der Waals surface area contributed by atoms with Gasteiger partial charge in [0.15, 0.2) is 0 Å². The summed E-state index contributed by atoms with van der Waals surface area (Å²) in [6.07, 6.45) is 2.09. The highest BCUT2D eigenvalue weighted by Gasteiger charge is 2.26. The van der Waals surface area contributed by atoms with Crippen LogP contribution in [-0.2, 0) is 10.0 Å². The number of pyridine rings is 1. The molecule has 1 aliphatic rings. The van der Waals surface area contributed by atoms with E-state index in [-0.39, 0.29) is 10.8 Å². The van der Waals surface area contributed by atoms with Crippen LogP contribution in [0.25, 0.3) is 22.2 Å². The van der Waals surface area contributed by atoms with Gasteiger partial charge in [0.05, 0.1) is 33.0 Å². The molecule has 202 valence electrons. The van der Waals surface area contributed by atoms with Gasteiger partial charge in [-0.3, -0.25) is 4.79 Å². The Kier molecular flexibility index (Phi) is 7.88. The normalized spacial score (nSPS) is 13.8. The summed E-state index contributed by atoms with van der Waals surface area (Å²) in [4.78, 5) is 21.0. The Hall–Kier alpha value is -3.46. The average Bonchev–Trinajstić information content (AvgIpc) is 3.48. The molecule has 3 aromatic carbocycles. The minimum Gasteiger partial charge on any atom is -0.370 e. The lowest BCUT2D eigenvalue weighted by Crippen LogP contribution is -2.31. The smallest absolute Gasteiger partial charge is 0.256 e. The highest BCUT2D eigenvalue weighted by Crippen LogP contribution is 2.34. The Labute approximate surface area is 234 Å². The van der Waals surface area contributed by atoms with E-state index in [1.165, 1.54) is 4.31 Å². The maximum absolute atomic E-state index is 13.9. The van der Waals surface area contributed by atoms with Crippen molar-refractivity contribution in [1.29, 1.82) is 0 Å². The largest absolute Gasteiger partial charge is 0.370 e. The molecule has 0 aliphatic carbocycles. The Morgan fingerprint density at radius 3 is 2.38 bits per heavy atom. The molecule has 5 rings (SSSR count). The summed E-state index contributed by atoms with van der Waals surface area (Å²) in [5, 5.41) is 4.29. The van der Waals surface area contributed by atoms with E-state index in [0.29, 0.717) is 46.0 Å². The van der Waals surface area contributed by atoms with Gasteiger partial charge in [-0.25, -0.2) is 13.4 Å². The zero-order chi connectivity index (χ0) is 27.6. The van der Waals surface area contributed by atoms with E-state index in [1.807, 2.05) is 56.3 Å². The third kappa shape index (κ3) is 5.37. The van der Waals surface area contributed by atoms with Crippen molar-refractivity contribution in [2.45, 2.75) is 31.6 Å². The first-order valence-electron chi connectivity index (χ1n) is 13.2. The molecule has 0 unspecified atom stereocenters. The van der Waals surface area contributed by atoms with E-state index in [9.17, 15) is 13.2 Å². The lowest BCUT2D eigenvalue weighted by molar-refractivity contribution is 0.102. The quantitative estimate of drug-likeness (QED) is 0.267. The van der Waals surface area contributed by atoms with Crippen LogP contribution in [0.15, 0.2) is 77.7 Å². The number of hydrogen-bond donors (Lipinski definition) is 1. The number of hydrogen-bond acceptors (Lipinski definition) is 5. The van der Waals surface area contributed by atoms with E-state index >= 15 is 0 Å². The summed E-state index contributed by atoms with van der Waals surface area (Å²) in [6.45, 7) is 6.05. The van der Waals surface area contributed by atoms with Crippen LogP contribution >= 0.6 is 11.6 Å². The number of para-hydroxylation sites is 1. The van der Waals surface area contributed by atoms with Crippen molar-refractivity contribution >= 4 is 49.8 Å². The van der Waals surface area contributed by atoms with E-state index in [1.54, 1.807) is 30.3 Å². The lowest BCUT2D eigenvalue weighted by atomic mass is 10.0. The number of halogens is 1. The van der Waals surface area contributed by atoms with Gasteiger partial charge in [0.1, 0.15) is 0 Å². The van der Waals surface area contributed by atoms with Crippen LogP contribution in [0.2, 0.25) is 5.02 Å². The number of benzene rings is 3. The molecular formula is C30H31ClN4O3S. The van der Waals surface area contributed by atoms with Crippen molar-refractivity contribution in [1.82, 2.24) is 9.29 Å². The second kappa shape index (κ2) is 11.3. The van der Waals surface area contributed by atoms with Gasteiger partial charge in [0, 0.05) is 42.2 Å². The van der Waals surface area contributed by atoms with Gasteiger partial charge < -0.3 is 10.2 Å². The first-order valence-corrected chi connectivity index (χ1v) is 15.0. The van der Waals surface area contributed by atoms with Crippen molar-refractivity contribution in [3.8, 4) is 11.3 Å². The van der Waals surface area contributed by atoms with Gasteiger partial charge in [-0.2, -0.15) is 4.31 Å². The van der Waals surface area contributed by atoms with E-state index in [0.717, 1.165) is 37.2 Å². The molecule has 1 N–H and O–H groups in total. The van der Waals surface area contributed by atoms with Crippen LogP contribution in [0, 0.1) is 0 Å². The first kappa shape index (κ1) is 27.1. The summed E-state index contributed by atoms with van der Waals surface area (Å²) in [6, 6.07) is 21.6. The monoisotopic (exact) mass is 562 g/mol. The SMILES string of the molecule is CCN(CC)S(=O)(=O)c1ccc(N2CCCC2)c(NC(=O)c2cc(-c3ccccc3Cl)nc3ccccc23)c1. The number of anilines is 2. The highest BCUT2D eigenvalue weighted by atomic mass is 35.5. The molecule has 0 radical (unpaired) electrons. The Bertz CT molecular complexity index is 1630. The molecule has 0 saturated carbocycles. The van der Waals surface area contributed by atoms with Crippen molar-refractivity contribution < 1.29 is 13.2 Å². The van der Waals surface area contributed by atoms with Gasteiger partial charge >= 0.3 is 0 Å². The van der Waals surface area contributed by atoms with Crippen LogP contribution in [0.3, 0.4) is 0 Å². The maximum atomic E-state index is 13.9. The molecule has 1 aliphatic heterocycles. The third-order valence-corrected chi connectivity index (χ3v) is 9.49. The van der Waals surface area contributed by atoms with Gasteiger partial charge in [0.2, 0.25) is 10.0 Å². The Morgan fingerprint density at radius 2 is 1.67 bits per heavy atom. The molecule has 9 heteroatoms. The number of rotatable bonds is 8. The molecule has 1 amide bonds. The fourth-order valence-electron chi connectivity index (χ4n) is 5.08. The van der Waals surface area contributed by atoms with Crippen LogP contribution in [0.4, 0.5) is 11.4 Å². The van der Waals surface area contributed by atoms with E-state index < -0.39 is 10.0 Å². The minimum atomic E-state index is -3.71. The van der Waals surface area contributed by atoms with Crippen LogP contribution in [-0.4, -0.2) is 49.8 Å². The van der Waals surface area contributed by atoms with E-state index in [4.69, 9.17) is 16.6 Å². The lowest BCUT2D eigenvalue weighted by Gasteiger charge is -2.24. The maximum Gasteiger partial charge on any atom is 0.256 e. The second-order valence-corrected chi connectivity index (χ2v) is 11.8. The summed E-state index contributed by atoms with van der Waals surface area (Å²) in [5.74, 6) is -0.347. The van der Waals surface area contributed by atoms with Crippen molar-refractivity contribution in [2.75, 3.05) is 36.4 Å². The number of aromatic nitrogens is 1. The van der Waals surface area contributed by atoms with Gasteiger partial charge in [-0.05, 0) is 49.2 Å².